The number of fused-ring (bicyclic) bond motifs is 1. The van der Waals surface area contributed by atoms with Crippen LogP contribution in [0.5, 0.6) is 0 Å². The summed E-state index contributed by atoms with van der Waals surface area (Å²) in [5.74, 6) is -0.771. The molecule has 0 radical (unpaired) electrons. The summed E-state index contributed by atoms with van der Waals surface area (Å²) in [6, 6.07) is 4.26. The Balaban J connectivity index is 1.85. The molecule has 2 aromatic rings. The Morgan fingerprint density at radius 2 is 2.24 bits per heavy atom. The highest BCUT2D eigenvalue weighted by Crippen LogP contribution is 2.21. The smallest absolute Gasteiger partial charge is 0.350 e. The molecule has 8 nitrogen and oxygen atoms in total. The lowest BCUT2D eigenvalue weighted by Crippen LogP contribution is -2.44. The van der Waals surface area contributed by atoms with Crippen molar-refractivity contribution in [1.82, 2.24) is 19.1 Å². The number of aromatic nitrogens is 3. The van der Waals surface area contributed by atoms with Crippen LogP contribution in [0, 0.1) is 0 Å². The van der Waals surface area contributed by atoms with Crippen LogP contribution in [-0.4, -0.2) is 53.7 Å². The van der Waals surface area contributed by atoms with Crippen LogP contribution in [0.25, 0.3) is 5.65 Å². The topological polar surface area (TPSA) is 96.9 Å². The predicted octanol–water partition coefficient (Wildman–Crippen LogP) is -0.518. The molecule has 1 aliphatic heterocycles. The molecule has 1 N–H and O–H groups in total. The Morgan fingerprint density at radius 1 is 1.43 bits per heavy atom. The van der Waals surface area contributed by atoms with E-state index in [4.69, 9.17) is 5.11 Å². The number of carbonyl (C=O) groups excluding carboxylic acids is 1. The molecule has 1 amide bonds. The summed E-state index contributed by atoms with van der Waals surface area (Å²) in [7, 11) is 0. The monoisotopic (exact) mass is 308 g/mol. The standard InChI is InChI=1S/C12H12N4O4S/c17-10(15-7-21-6-8(15)11(18)19)5-16-12(20)14-4-2-1-3-9(14)13-16/h1-4,8H,5-7H2,(H,18,19). The maximum absolute atomic E-state index is 12.2. The summed E-state index contributed by atoms with van der Waals surface area (Å²) in [4.78, 5) is 36.6. The number of hydrogen-bond donors (Lipinski definition) is 1. The van der Waals surface area contributed by atoms with Crippen molar-refractivity contribution in [3.8, 4) is 0 Å². The highest BCUT2D eigenvalue weighted by molar-refractivity contribution is 7.99. The summed E-state index contributed by atoms with van der Waals surface area (Å²) in [5.41, 5.74) is 0.0264. The quantitative estimate of drug-likeness (QED) is 0.819. The highest BCUT2D eigenvalue weighted by atomic mass is 32.2. The van der Waals surface area contributed by atoms with E-state index in [0.717, 1.165) is 4.68 Å². The molecule has 110 valence electrons. The first-order chi connectivity index (χ1) is 10.1. The van der Waals surface area contributed by atoms with Gasteiger partial charge in [-0.3, -0.25) is 9.20 Å². The third-order valence-electron chi connectivity index (χ3n) is 3.26. The van der Waals surface area contributed by atoms with Crippen LogP contribution in [0.15, 0.2) is 29.2 Å². The number of carbonyl (C=O) groups is 2. The van der Waals surface area contributed by atoms with E-state index in [1.165, 1.54) is 21.1 Å². The lowest BCUT2D eigenvalue weighted by atomic mass is 10.3. The summed E-state index contributed by atoms with van der Waals surface area (Å²) < 4.78 is 2.39. The first-order valence-corrected chi connectivity index (χ1v) is 7.37. The third kappa shape index (κ3) is 2.40. The number of hydrogen-bond acceptors (Lipinski definition) is 5. The second-order valence-corrected chi connectivity index (χ2v) is 5.59. The Morgan fingerprint density at radius 3 is 2.95 bits per heavy atom. The number of rotatable bonds is 3. The molecule has 0 aliphatic carbocycles. The molecule has 0 bridgehead atoms. The maximum Gasteiger partial charge on any atom is 0.350 e. The van der Waals surface area contributed by atoms with Crippen molar-refractivity contribution >= 4 is 29.3 Å². The van der Waals surface area contributed by atoms with Crippen molar-refractivity contribution in [2.75, 3.05) is 11.6 Å². The molecule has 0 saturated carbocycles. The van der Waals surface area contributed by atoms with Gasteiger partial charge in [0.15, 0.2) is 5.65 Å². The zero-order valence-corrected chi connectivity index (χ0v) is 11.7. The van der Waals surface area contributed by atoms with Crippen LogP contribution in [0.2, 0.25) is 0 Å². The molecule has 1 unspecified atom stereocenters. The van der Waals surface area contributed by atoms with Gasteiger partial charge in [-0.1, -0.05) is 6.07 Å². The molecular weight excluding hydrogens is 296 g/mol. The number of carboxylic acid groups (broad SMARTS) is 1. The molecule has 0 aromatic carbocycles. The fourth-order valence-electron chi connectivity index (χ4n) is 2.18. The van der Waals surface area contributed by atoms with E-state index >= 15 is 0 Å². The van der Waals surface area contributed by atoms with Crippen molar-refractivity contribution in [1.29, 1.82) is 0 Å². The maximum atomic E-state index is 12.2. The van der Waals surface area contributed by atoms with Crippen LogP contribution in [0.3, 0.4) is 0 Å². The molecule has 0 spiro atoms. The van der Waals surface area contributed by atoms with E-state index in [1.54, 1.807) is 24.4 Å². The molecule has 1 fully saturated rings. The van der Waals surface area contributed by atoms with E-state index in [0.29, 0.717) is 17.3 Å². The minimum atomic E-state index is -1.03. The van der Waals surface area contributed by atoms with Crippen molar-refractivity contribution in [3.05, 3.63) is 34.9 Å². The first-order valence-electron chi connectivity index (χ1n) is 6.22. The third-order valence-corrected chi connectivity index (χ3v) is 4.27. The Bertz CT molecular complexity index is 768. The number of thioether (sulfide) groups is 1. The summed E-state index contributed by atoms with van der Waals surface area (Å²) in [6.45, 7) is -0.259. The van der Waals surface area contributed by atoms with Crippen LogP contribution in [-0.2, 0) is 16.1 Å². The van der Waals surface area contributed by atoms with Crippen LogP contribution in [0.1, 0.15) is 0 Å². The lowest BCUT2D eigenvalue weighted by molar-refractivity contribution is -0.148. The molecule has 2 aromatic heterocycles. The van der Waals surface area contributed by atoms with E-state index < -0.39 is 23.6 Å². The van der Waals surface area contributed by atoms with Gasteiger partial charge in [-0.05, 0) is 12.1 Å². The molecule has 3 rings (SSSR count). The largest absolute Gasteiger partial charge is 0.480 e. The molecule has 1 saturated heterocycles. The Labute approximate surface area is 123 Å². The van der Waals surface area contributed by atoms with Gasteiger partial charge in [0, 0.05) is 11.9 Å². The number of nitrogens with zero attached hydrogens (tertiary/aromatic N) is 4. The van der Waals surface area contributed by atoms with Crippen LogP contribution in [0.4, 0.5) is 0 Å². The predicted molar refractivity (Wildman–Crippen MR) is 75.0 cm³/mol. The van der Waals surface area contributed by atoms with E-state index in [-0.39, 0.29) is 6.54 Å². The Hall–Kier alpha value is -2.29. The molecule has 3 heterocycles. The van der Waals surface area contributed by atoms with Gasteiger partial charge in [0.05, 0.1) is 5.88 Å². The first kappa shape index (κ1) is 13.7. The van der Waals surface area contributed by atoms with Gasteiger partial charge in [0.1, 0.15) is 12.6 Å². The van der Waals surface area contributed by atoms with Gasteiger partial charge in [-0.25, -0.2) is 14.3 Å². The zero-order valence-electron chi connectivity index (χ0n) is 10.9. The van der Waals surface area contributed by atoms with Crippen molar-refractivity contribution in [2.24, 2.45) is 0 Å². The molecule has 21 heavy (non-hydrogen) atoms. The minimum absolute atomic E-state index is 0.259. The average Bonchev–Trinajstić information content (AvgIpc) is 3.05. The van der Waals surface area contributed by atoms with Crippen LogP contribution < -0.4 is 5.69 Å². The van der Waals surface area contributed by atoms with Gasteiger partial charge in [0.2, 0.25) is 5.91 Å². The van der Waals surface area contributed by atoms with E-state index in [2.05, 4.69) is 5.10 Å². The Kier molecular flexibility index (Phi) is 3.42. The zero-order chi connectivity index (χ0) is 15.0. The summed E-state index contributed by atoms with van der Waals surface area (Å²) in [6.07, 6.45) is 1.57. The van der Waals surface area contributed by atoms with Gasteiger partial charge in [-0.2, -0.15) is 0 Å². The minimum Gasteiger partial charge on any atom is -0.480 e. The summed E-state index contributed by atoms with van der Waals surface area (Å²) in [5, 5.41) is 13.1. The van der Waals surface area contributed by atoms with E-state index in [9.17, 15) is 14.4 Å². The van der Waals surface area contributed by atoms with Gasteiger partial charge >= 0.3 is 11.7 Å². The lowest BCUT2D eigenvalue weighted by Gasteiger charge is -2.19. The second-order valence-electron chi connectivity index (χ2n) is 4.59. The number of aliphatic carboxylic acids is 1. The van der Waals surface area contributed by atoms with Gasteiger partial charge < -0.3 is 10.0 Å². The van der Waals surface area contributed by atoms with Crippen molar-refractivity contribution in [3.63, 3.8) is 0 Å². The molecule has 1 aliphatic rings. The van der Waals surface area contributed by atoms with Crippen LogP contribution >= 0.6 is 11.8 Å². The fraction of sp³-hybridized carbons (Fsp3) is 0.333. The fourth-order valence-corrected chi connectivity index (χ4v) is 3.35. The second kappa shape index (κ2) is 5.24. The molecule has 9 heteroatoms. The number of pyridine rings is 1. The number of carboxylic acids is 1. The van der Waals surface area contributed by atoms with Gasteiger partial charge in [0.25, 0.3) is 0 Å². The van der Waals surface area contributed by atoms with E-state index in [1.807, 2.05) is 0 Å². The number of amides is 1. The van der Waals surface area contributed by atoms with Gasteiger partial charge in [-0.15, -0.1) is 16.9 Å². The SMILES string of the molecule is O=C(O)C1CSCN1C(=O)Cn1nc2ccccn2c1=O. The highest BCUT2D eigenvalue weighted by Gasteiger charge is 2.34. The van der Waals surface area contributed by atoms with Crippen molar-refractivity contribution < 1.29 is 14.7 Å². The normalized spacial score (nSPS) is 18.3. The summed E-state index contributed by atoms with van der Waals surface area (Å²) >= 11 is 1.38. The van der Waals surface area contributed by atoms with Crippen molar-refractivity contribution in [2.45, 2.75) is 12.6 Å². The molecule has 1 atom stereocenters. The molecular formula is C12H12N4O4S. The average molecular weight is 308 g/mol.